The van der Waals surface area contributed by atoms with Crippen LogP contribution in [0.15, 0.2) is 36.7 Å². The molecular weight excluding hydrogens is 443 g/mol. The van der Waals surface area contributed by atoms with Gasteiger partial charge in [-0.1, -0.05) is 12.1 Å². The number of aromatic hydroxyl groups is 1. The number of phenolic OH excluding ortho intramolecular Hbond substituents is 1. The first-order valence-electron chi connectivity index (χ1n) is 12.1. The Balaban J connectivity index is 1.23. The van der Waals surface area contributed by atoms with Crippen molar-refractivity contribution in [3.63, 3.8) is 0 Å². The molecule has 0 amide bonds. The predicted molar refractivity (Wildman–Crippen MR) is 126 cm³/mol. The number of phenols is 1. The average Bonchev–Trinajstić information content (AvgIpc) is 2.80. The summed E-state index contributed by atoms with van der Waals surface area (Å²) in [6, 6.07) is 8.08. The third-order valence-corrected chi connectivity index (χ3v) is 7.20. The van der Waals surface area contributed by atoms with Gasteiger partial charge in [0.2, 0.25) is 5.82 Å². The first-order valence-corrected chi connectivity index (χ1v) is 12.1. The van der Waals surface area contributed by atoms with E-state index in [1.165, 1.54) is 37.2 Å². The molecule has 1 N–H and O–H groups in total. The molecule has 1 aromatic carbocycles. The summed E-state index contributed by atoms with van der Waals surface area (Å²) in [6.07, 6.45) is 1.63. The number of alkyl halides is 3. The first-order chi connectivity index (χ1) is 16.2. The third-order valence-electron chi connectivity index (χ3n) is 7.20. The Morgan fingerprint density at radius 3 is 2.12 bits per heavy atom. The van der Waals surface area contributed by atoms with E-state index in [0.717, 1.165) is 45.2 Å². The second-order valence-electron chi connectivity index (χ2n) is 9.78. The molecular formula is C25H34F3N5O. The summed E-state index contributed by atoms with van der Waals surface area (Å²) in [7, 11) is 0. The van der Waals surface area contributed by atoms with Crippen LogP contribution in [0.5, 0.6) is 5.75 Å². The molecule has 0 radical (unpaired) electrons. The minimum absolute atomic E-state index is 0.305. The lowest BCUT2D eigenvalue weighted by atomic mass is 9.92. The molecule has 0 spiro atoms. The highest BCUT2D eigenvalue weighted by molar-refractivity contribution is 5.43. The van der Waals surface area contributed by atoms with E-state index >= 15 is 0 Å². The van der Waals surface area contributed by atoms with Crippen LogP contribution in [0, 0.1) is 5.92 Å². The summed E-state index contributed by atoms with van der Waals surface area (Å²) in [5.41, 5.74) is 1.88. The van der Waals surface area contributed by atoms with Crippen LogP contribution < -0.4 is 4.90 Å². The van der Waals surface area contributed by atoms with Crippen LogP contribution in [0.3, 0.4) is 0 Å². The van der Waals surface area contributed by atoms with Crippen molar-refractivity contribution in [2.24, 2.45) is 5.92 Å². The summed E-state index contributed by atoms with van der Waals surface area (Å²) < 4.78 is 38.3. The van der Waals surface area contributed by atoms with Crippen LogP contribution in [0.4, 0.5) is 18.9 Å². The Bertz CT molecular complexity index is 902. The lowest BCUT2D eigenvalue weighted by molar-refractivity contribution is -0.145. The van der Waals surface area contributed by atoms with Gasteiger partial charge in [-0.2, -0.15) is 13.2 Å². The third kappa shape index (κ3) is 6.18. The van der Waals surface area contributed by atoms with Gasteiger partial charge >= 0.3 is 6.18 Å². The van der Waals surface area contributed by atoms with E-state index in [-0.39, 0.29) is 0 Å². The van der Waals surface area contributed by atoms with Gasteiger partial charge in [0.25, 0.3) is 0 Å². The average molecular weight is 478 g/mol. The SMILES string of the molecule is C[C@@H]1CN(c2cnc(C(F)(F)F)nc2)C[C@H](C)N1CCC1CCN(Cc2ccc(O)cc2)CC1. The standard InChI is InChI=1S/C25H34F3N5O/c1-18-15-32(22-13-29-24(30-14-22)25(26,27)28)16-19(2)33(18)12-9-20-7-10-31(11-8-20)17-21-3-5-23(34)6-4-21/h3-6,13-14,18-20,34H,7-12,15-17H2,1-2H3/t18-,19+. The van der Waals surface area contributed by atoms with Crippen LogP contribution in [-0.2, 0) is 12.7 Å². The van der Waals surface area contributed by atoms with Crippen LogP contribution in [-0.4, -0.2) is 69.7 Å². The van der Waals surface area contributed by atoms with E-state index in [1.54, 1.807) is 12.1 Å². The zero-order valence-corrected chi connectivity index (χ0v) is 19.9. The highest BCUT2D eigenvalue weighted by atomic mass is 19.4. The monoisotopic (exact) mass is 477 g/mol. The van der Waals surface area contributed by atoms with E-state index < -0.39 is 12.0 Å². The van der Waals surface area contributed by atoms with Crippen LogP contribution in [0.2, 0.25) is 0 Å². The molecule has 2 saturated heterocycles. The van der Waals surface area contributed by atoms with Crippen molar-refractivity contribution in [1.82, 2.24) is 19.8 Å². The van der Waals surface area contributed by atoms with Crippen molar-refractivity contribution >= 4 is 5.69 Å². The molecule has 2 aliphatic heterocycles. The van der Waals surface area contributed by atoms with Gasteiger partial charge in [0.1, 0.15) is 5.75 Å². The van der Waals surface area contributed by atoms with Gasteiger partial charge in [-0.15, -0.1) is 0 Å². The number of likely N-dealkylation sites (tertiary alicyclic amines) is 1. The van der Waals surface area contributed by atoms with Crippen molar-refractivity contribution < 1.29 is 18.3 Å². The molecule has 2 fully saturated rings. The molecule has 0 bridgehead atoms. The predicted octanol–water partition coefficient (Wildman–Crippen LogP) is 4.40. The van der Waals surface area contributed by atoms with Crippen LogP contribution in [0.1, 0.15) is 44.5 Å². The molecule has 34 heavy (non-hydrogen) atoms. The smallest absolute Gasteiger partial charge is 0.451 e. The maximum atomic E-state index is 12.8. The highest BCUT2D eigenvalue weighted by Gasteiger charge is 2.35. The highest BCUT2D eigenvalue weighted by Crippen LogP contribution is 2.29. The molecule has 0 saturated carbocycles. The Hall–Kier alpha value is -2.39. The minimum Gasteiger partial charge on any atom is -0.508 e. The number of hydrogen-bond donors (Lipinski definition) is 1. The van der Waals surface area contributed by atoms with Gasteiger partial charge in [0.15, 0.2) is 0 Å². The van der Waals surface area contributed by atoms with Gasteiger partial charge in [-0.05, 0) is 76.4 Å². The number of hydrogen-bond acceptors (Lipinski definition) is 6. The topological polar surface area (TPSA) is 55.7 Å². The number of halogens is 3. The summed E-state index contributed by atoms with van der Waals surface area (Å²) in [6.45, 7) is 10.0. The second-order valence-corrected chi connectivity index (χ2v) is 9.78. The van der Waals surface area contributed by atoms with E-state index in [1.807, 2.05) is 12.1 Å². The molecule has 4 rings (SSSR count). The molecule has 9 heteroatoms. The van der Waals surface area contributed by atoms with Crippen LogP contribution in [0.25, 0.3) is 0 Å². The zero-order chi connectivity index (χ0) is 24.3. The molecule has 186 valence electrons. The van der Waals surface area contributed by atoms with Gasteiger partial charge in [-0.25, -0.2) is 9.97 Å². The Labute approximate surface area is 199 Å². The molecule has 2 aromatic rings. The number of piperidine rings is 1. The fourth-order valence-corrected chi connectivity index (χ4v) is 5.26. The largest absolute Gasteiger partial charge is 0.508 e. The van der Waals surface area contributed by atoms with Gasteiger partial charge in [0, 0.05) is 31.7 Å². The van der Waals surface area contributed by atoms with E-state index in [2.05, 4.69) is 38.5 Å². The summed E-state index contributed by atoms with van der Waals surface area (Å²) >= 11 is 0. The van der Waals surface area contributed by atoms with Crippen molar-refractivity contribution in [2.75, 3.05) is 37.6 Å². The molecule has 0 unspecified atom stereocenters. The maximum absolute atomic E-state index is 12.8. The molecule has 2 atom stereocenters. The Kier molecular flexibility index (Phi) is 7.62. The maximum Gasteiger partial charge on any atom is 0.451 e. The fourth-order valence-electron chi connectivity index (χ4n) is 5.26. The summed E-state index contributed by atoms with van der Waals surface area (Å²) in [4.78, 5) is 14.2. The number of anilines is 1. The summed E-state index contributed by atoms with van der Waals surface area (Å²) in [5.74, 6) is -0.0682. The first kappa shape index (κ1) is 24.7. The van der Waals surface area contributed by atoms with Crippen molar-refractivity contribution in [3.8, 4) is 5.75 Å². The van der Waals surface area contributed by atoms with E-state index in [0.29, 0.717) is 23.5 Å². The number of aromatic nitrogens is 2. The minimum atomic E-state index is -4.51. The number of rotatable bonds is 6. The van der Waals surface area contributed by atoms with Crippen molar-refractivity contribution in [1.29, 1.82) is 0 Å². The van der Waals surface area contributed by atoms with Crippen molar-refractivity contribution in [3.05, 3.63) is 48.0 Å². The van der Waals surface area contributed by atoms with Gasteiger partial charge in [0.05, 0.1) is 18.1 Å². The molecule has 1 aromatic heterocycles. The number of piperazine rings is 1. The fraction of sp³-hybridized carbons (Fsp3) is 0.600. The number of nitrogens with zero attached hydrogens (tertiary/aromatic N) is 5. The zero-order valence-electron chi connectivity index (χ0n) is 19.9. The molecule has 0 aliphatic carbocycles. The van der Waals surface area contributed by atoms with E-state index in [4.69, 9.17) is 0 Å². The van der Waals surface area contributed by atoms with Gasteiger partial charge < -0.3 is 10.0 Å². The quantitative estimate of drug-likeness (QED) is 0.666. The number of benzene rings is 1. The molecule has 3 heterocycles. The Morgan fingerprint density at radius 2 is 1.56 bits per heavy atom. The normalized spacial score (nSPS) is 23.4. The summed E-state index contributed by atoms with van der Waals surface area (Å²) in [5, 5.41) is 9.45. The lowest BCUT2D eigenvalue weighted by Gasteiger charge is -2.46. The van der Waals surface area contributed by atoms with Gasteiger partial charge in [-0.3, -0.25) is 9.80 Å². The van der Waals surface area contributed by atoms with Crippen molar-refractivity contribution in [2.45, 2.75) is 57.9 Å². The Morgan fingerprint density at radius 1 is 0.971 bits per heavy atom. The molecule has 6 nitrogen and oxygen atoms in total. The van der Waals surface area contributed by atoms with Crippen LogP contribution >= 0.6 is 0 Å². The second kappa shape index (κ2) is 10.5. The van der Waals surface area contributed by atoms with E-state index in [9.17, 15) is 18.3 Å². The lowest BCUT2D eigenvalue weighted by Crippen LogP contribution is -2.57. The molecule has 2 aliphatic rings.